The van der Waals surface area contributed by atoms with Gasteiger partial charge in [-0.15, -0.1) is 0 Å². The molecular weight excluding hydrogens is 172 g/mol. The van der Waals surface area contributed by atoms with Crippen LogP contribution in [-0.2, 0) is 0 Å². The van der Waals surface area contributed by atoms with Crippen molar-refractivity contribution in [2.45, 2.75) is 45.6 Å². The highest BCUT2D eigenvalue weighted by molar-refractivity contribution is 4.72. The molecule has 1 heterocycles. The molecule has 2 heteroatoms. The monoisotopic (exact) mass is 198 g/mol. The predicted molar refractivity (Wildman–Crippen MR) is 62.7 cm³/mol. The van der Waals surface area contributed by atoms with Gasteiger partial charge in [-0.3, -0.25) is 0 Å². The van der Waals surface area contributed by atoms with Gasteiger partial charge in [0.05, 0.1) is 0 Å². The van der Waals surface area contributed by atoms with E-state index >= 15 is 0 Å². The van der Waals surface area contributed by atoms with Crippen LogP contribution in [0.2, 0.25) is 0 Å². The van der Waals surface area contributed by atoms with E-state index in [4.69, 9.17) is 0 Å². The summed E-state index contributed by atoms with van der Waals surface area (Å²) in [5.41, 5.74) is 0. The number of nitrogens with zero attached hydrogens (tertiary/aromatic N) is 2. The average Bonchev–Trinajstić information content (AvgIpc) is 2.26. The lowest BCUT2D eigenvalue weighted by Crippen LogP contribution is -2.39. The Morgan fingerprint density at radius 2 is 1.86 bits per heavy atom. The molecule has 0 bridgehead atoms. The molecular formula is C12H26N2. The first-order valence-corrected chi connectivity index (χ1v) is 6.16. The molecule has 1 saturated heterocycles. The van der Waals surface area contributed by atoms with Gasteiger partial charge in [-0.1, -0.05) is 13.3 Å². The van der Waals surface area contributed by atoms with Gasteiger partial charge >= 0.3 is 0 Å². The fourth-order valence-corrected chi connectivity index (χ4v) is 2.11. The lowest BCUT2D eigenvalue weighted by Gasteiger charge is -2.33. The normalized spacial score (nSPS) is 21.4. The molecule has 14 heavy (non-hydrogen) atoms. The third-order valence-corrected chi connectivity index (χ3v) is 3.48. The second-order valence-corrected chi connectivity index (χ2v) is 4.63. The maximum atomic E-state index is 2.66. The first-order valence-electron chi connectivity index (χ1n) is 6.16. The molecule has 1 unspecified atom stereocenters. The first-order chi connectivity index (χ1) is 6.74. The molecule has 0 radical (unpaired) electrons. The van der Waals surface area contributed by atoms with Crippen molar-refractivity contribution in [3.8, 4) is 0 Å². The van der Waals surface area contributed by atoms with Crippen LogP contribution in [0.3, 0.4) is 0 Å². The summed E-state index contributed by atoms with van der Waals surface area (Å²) in [5, 5.41) is 0. The van der Waals surface area contributed by atoms with Gasteiger partial charge < -0.3 is 9.80 Å². The molecule has 0 spiro atoms. The fraction of sp³-hybridized carbons (Fsp3) is 1.00. The van der Waals surface area contributed by atoms with Crippen molar-refractivity contribution in [3.63, 3.8) is 0 Å². The lowest BCUT2D eigenvalue weighted by molar-refractivity contribution is 0.155. The largest absolute Gasteiger partial charge is 0.307 e. The highest BCUT2D eigenvalue weighted by atomic mass is 15.2. The topological polar surface area (TPSA) is 6.48 Å². The van der Waals surface area contributed by atoms with E-state index < -0.39 is 0 Å². The zero-order chi connectivity index (χ0) is 10.4. The minimum absolute atomic E-state index is 0.782. The third-order valence-electron chi connectivity index (χ3n) is 3.48. The van der Waals surface area contributed by atoms with Gasteiger partial charge in [0.25, 0.3) is 0 Å². The van der Waals surface area contributed by atoms with Crippen molar-refractivity contribution in [2.24, 2.45) is 0 Å². The van der Waals surface area contributed by atoms with Crippen LogP contribution in [0.5, 0.6) is 0 Å². The average molecular weight is 198 g/mol. The van der Waals surface area contributed by atoms with Crippen LogP contribution in [0.15, 0.2) is 0 Å². The van der Waals surface area contributed by atoms with Crippen molar-refractivity contribution in [1.82, 2.24) is 9.80 Å². The molecule has 1 aliphatic heterocycles. The Morgan fingerprint density at radius 1 is 1.21 bits per heavy atom. The van der Waals surface area contributed by atoms with Crippen LogP contribution in [0.1, 0.15) is 39.5 Å². The highest BCUT2D eigenvalue weighted by Gasteiger charge is 2.16. The zero-order valence-corrected chi connectivity index (χ0v) is 10.1. The van der Waals surface area contributed by atoms with Crippen molar-refractivity contribution in [1.29, 1.82) is 0 Å². The number of hydrogen-bond donors (Lipinski definition) is 0. The Bertz CT molecular complexity index is 141. The summed E-state index contributed by atoms with van der Waals surface area (Å²) in [6.07, 6.45) is 5.59. The number of rotatable bonds is 5. The maximum Gasteiger partial charge on any atom is 0.00790 e. The van der Waals surface area contributed by atoms with E-state index in [0.29, 0.717) is 0 Å². The van der Waals surface area contributed by atoms with Gasteiger partial charge in [-0.25, -0.2) is 0 Å². The molecule has 0 saturated carbocycles. The summed E-state index contributed by atoms with van der Waals surface area (Å²) in [6.45, 7) is 9.69. The summed E-state index contributed by atoms with van der Waals surface area (Å²) in [4.78, 5) is 5.06. The third kappa shape index (κ3) is 3.97. The first kappa shape index (κ1) is 12.0. The molecule has 0 N–H and O–H groups in total. The molecule has 2 nitrogen and oxygen atoms in total. The smallest absolute Gasteiger partial charge is 0.00790 e. The maximum absolute atomic E-state index is 2.66. The molecule has 84 valence electrons. The lowest BCUT2D eigenvalue weighted by atomic mass is 10.1. The van der Waals surface area contributed by atoms with E-state index in [2.05, 4.69) is 30.7 Å². The summed E-state index contributed by atoms with van der Waals surface area (Å²) < 4.78 is 0. The molecule has 0 aromatic rings. The van der Waals surface area contributed by atoms with Gasteiger partial charge in [-0.2, -0.15) is 0 Å². The van der Waals surface area contributed by atoms with Gasteiger partial charge in [-0.05, 0) is 59.4 Å². The van der Waals surface area contributed by atoms with E-state index in [1.54, 1.807) is 0 Å². The molecule has 0 aliphatic carbocycles. The minimum Gasteiger partial charge on any atom is -0.307 e. The van der Waals surface area contributed by atoms with Gasteiger partial charge in [0.1, 0.15) is 0 Å². The standard InChI is InChI=1S/C12H26N2/c1-4-13(3)11-8-12(2)14-9-6-5-7-10-14/h12H,4-11H2,1-3H3. The molecule has 1 atom stereocenters. The van der Waals surface area contributed by atoms with Gasteiger partial charge in [0, 0.05) is 6.04 Å². The van der Waals surface area contributed by atoms with Crippen LogP contribution in [-0.4, -0.2) is 49.1 Å². The Kier molecular flexibility index (Phi) is 5.49. The van der Waals surface area contributed by atoms with Gasteiger partial charge in [0.15, 0.2) is 0 Å². The molecule has 1 aliphatic rings. The van der Waals surface area contributed by atoms with E-state index in [1.165, 1.54) is 51.9 Å². The van der Waals surface area contributed by atoms with E-state index in [1.807, 2.05) is 0 Å². The van der Waals surface area contributed by atoms with Crippen LogP contribution in [0, 0.1) is 0 Å². The van der Waals surface area contributed by atoms with Gasteiger partial charge in [0.2, 0.25) is 0 Å². The van der Waals surface area contributed by atoms with Crippen molar-refractivity contribution in [2.75, 3.05) is 33.2 Å². The molecule has 0 amide bonds. The minimum atomic E-state index is 0.782. The Labute approximate surface area is 89.3 Å². The Morgan fingerprint density at radius 3 is 2.43 bits per heavy atom. The highest BCUT2D eigenvalue weighted by Crippen LogP contribution is 2.13. The molecule has 0 aromatic carbocycles. The second kappa shape index (κ2) is 6.41. The second-order valence-electron chi connectivity index (χ2n) is 4.63. The van der Waals surface area contributed by atoms with Crippen LogP contribution < -0.4 is 0 Å². The van der Waals surface area contributed by atoms with E-state index in [-0.39, 0.29) is 0 Å². The van der Waals surface area contributed by atoms with E-state index in [9.17, 15) is 0 Å². The summed E-state index contributed by atoms with van der Waals surface area (Å²) in [6, 6.07) is 0.782. The Hall–Kier alpha value is -0.0800. The summed E-state index contributed by atoms with van der Waals surface area (Å²) in [5.74, 6) is 0. The SMILES string of the molecule is CCN(C)CCC(C)N1CCCCC1. The zero-order valence-electron chi connectivity index (χ0n) is 10.1. The predicted octanol–water partition coefficient (Wildman–Crippen LogP) is 2.20. The van der Waals surface area contributed by atoms with Crippen molar-refractivity contribution >= 4 is 0 Å². The number of likely N-dealkylation sites (tertiary alicyclic amines) is 1. The molecule has 1 fully saturated rings. The summed E-state index contributed by atoms with van der Waals surface area (Å²) in [7, 11) is 2.21. The van der Waals surface area contributed by atoms with Crippen molar-refractivity contribution in [3.05, 3.63) is 0 Å². The summed E-state index contributed by atoms with van der Waals surface area (Å²) >= 11 is 0. The quantitative estimate of drug-likeness (QED) is 0.668. The van der Waals surface area contributed by atoms with Crippen LogP contribution in [0.4, 0.5) is 0 Å². The van der Waals surface area contributed by atoms with Crippen molar-refractivity contribution < 1.29 is 0 Å². The van der Waals surface area contributed by atoms with Crippen LogP contribution in [0.25, 0.3) is 0 Å². The molecule has 1 rings (SSSR count). The number of hydrogen-bond acceptors (Lipinski definition) is 2. The van der Waals surface area contributed by atoms with Crippen LogP contribution >= 0.6 is 0 Å². The molecule has 0 aromatic heterocycles. The fourth-order valence-electron chi connectivity index (χ4n) is 2.11. The van der Waals surface area contributed by atoms with E-state index in [0.717, 1.165) is 6.04 Å². The number of piperidine rings is 1. The Balaban J connectivity index is 2.16.